The van der Waals surface area contributed by atoms with Crippen LogP contribution in [0.2, 0.25) is 5.02 Å². The molecule has 0 aliphatic carbocycles. The molecule has 2 atom stereocenters. The third kappa shape index (κ3) is 3.01. The maximum Gasteiger partial charge on any atom is 0.0829 e. The molecule has 0 bridgehead atoms. The monoisotopic (exact) mass is 254 g/mol. The van der Waals surface area contributed by atoms with Crippen molar-refractivity contribution >= 4 is 11.6 Å². The lowest BCUT2D eigenvalue weighted by Gasteiger charge is -2.18. The van der Waals surface area contributed by atoms with E-state index in [1.165, 1.54) is 0 Å². The SMILES string of the molecule is Cc1cc(Cl)c(C(O)CC2CCCO2)cc1C. The summed E-state index contributed by atoms with van der Waals surface area (Å²) >= 11 is 6.18. The summed E-state index contributed by atoms with van der Waals surface area (Å²) in [5, 5.41) is 10.9. The molecule has 1 fully saturated rings. The number of aliphatic hydroxyl groups excluding tert-OH is 1. The van der Waals surface area contributed by atoms with Gasteiger partial charge in [-0.1, -0.05) is 17.7 Å². The topological polar surface area (TPSA) is 29.5 Å². The van der Waals surface area contributed by atoms with Crippen molar-refractivity contribution in [2.75, 3.05) is 6.61 Å². The summed E-state index contributed by atoms with van der Waals surface area (Å²) < 4.78 is 5.54. The molecule has 1 aliphatic heterocycles. The fourth-order valence-corrected chi connectivity index (χ4v) is 2.61. The Balaban J connectivity index is 2.12. The fraction of sp³-hybridized carbons (Fsp3) is 0.571. The zero-order valence-corrected chi connectivity index (χ0v) is 11.1. The van der Waals surface area contributed by atoms with Crippen molar-refractivity contribution in [3.05, 3.63) is 33.8 Å². The Morgan fingerprint density at radius 2 is 2.12 bits per heavy atom. The summed E-state index contributed by atoms with van der Waals surface area (Å²) in [5.74, 6) is 0. The van der Waals surface area contributed by atoms with Gasteiger partial charge in [-0.25, -0.2) is 0 Å². The van der Waals surface area contributed by atoms with E-state index < -0.39 is 6.10 Å². The second-order valence-electron chi connectivity index (χ2n) is 4.84. The average Bonchev–Trinajstić information content (AvgIpc) is 2.76. The molecule has 0 saturated carbocycles. The third-order valence-corrected chi connectivity index (χ3v) is 3.81. The minimum absolute atomic E-state index is 0.183. The molecule has 0 aromatic heterocycles. The summed E-state index contributed by atoms with van der Waals surface area (Å²) in [6, 6.07) is 3.90. The molecule has 0 amide bonds. The van der Waals surface area contributed by atoms with Crippen molar-refractivity contribution in [1.82, 2.24) is 0 Å². The lowest BCUT2D eigenvalue weighted by atomic mass is 9.98. The second kappa shape index (κ2) is 5.38. The van der Waals surface area contributed by atoms with Gasteiger partial charge < -0.3 is 9.84 Å². The Bertz CT molecular complexity index is 397. The van der Waals surface area contributed by atoms with Crippen LogP contribution in [-0.4, -0.2) is 17.8 Å². The van der Waals surface area contributed by atoms with Crippen molar-refractivity contribution in [2.45, 2.75) is 45.3 Å². The predicted octanol–water partition coefficient (Wildman–Crippen LogP) is 3.56. The molecular weight excluding hydrogens is 236 g/mol. The highest BCUT2D eigenvalue weighted by atomic mass is 35.5. The van der Waals surface area contributed by atoms with E-state index in [0.717, 1.165) is 36.1 Å². The quantitative estimate of drug-likeness (QED) is 0.894. The van der Waals surface area contributed by atoms with Crippen LogP contribution in [0.4, 0.5) is 0 Å². The number of halogens is 1. The largest absolute Gasteiger partial charge is 0.388 e. The molecule has 1 heterocycles. The van der Waals surface area contributed by atoms with Gasteiger partial charge in [0.05, 0.1) is 12.2 Å². The Hall–Kier alpha value is -0.570. The van der Waals surface area contributed by atoms with Crippen LogP contribution in [0.1, 0.15) is 42.1 Å². The van der Waals surface area contributed by atoms with Crippen molar-refractivity contribution < 1.29 is 9.84 Å². The molecular formula is C14H19ClO2. The predicted molar refractivity (Wildman–Crippen MR) is 69.5 cm³/mol. The summed E-state index contributed by atoms with van der Waals surface area (Å²) in [6.07, 6.45) is 2.44. The summed E-state index contributed by atoms with van der Waals surface area (Å²) in [7, 11) is 0. The highest BCUT2D eigenvalue weighted by molar-refractivity contribution is 6.31. The first kappa shape index (κ1) is 12.9. The summed E-state index contributed by atoms with van der Waals surface area (Å²) in [6.45, 7) is 4.88. The number of hydrogen-bond acceptors (Lipinski definition) is 2. The molecule has 1 aliphatic rings. The Labute approximate surface area is 108 Å². The number of ether oxygens (including phenoxy) is 1. The summed E-state index contributed by atoms with van der Waals surface area (Å²) in [5.41, 5.74) is 3.14. The maximum atomic E-state index is 10.2. The van der Waals surface area contributed by atoms with Gasteiger partial charge in [-0.2, -0.15) is 0 Å². The van der Waals surface area contributed by atoms with Gasteiger partial charge in [-0.05, 0) is 49.4 Å². The van der Waals surface area contributed by atoms with Crippen LogP contribution in [0.3, 0.4) is 0 Å². The molecule has 1 aromatic carbocycles. The van der Waals surface area contributed by atoms with E-state index in [-0.39, 0.29) is 6.10 Å². The van der Waals surface area contributed by atoms with E-state index in [0.29, 0.717) is 11.4 Å². The van der Waals surface area contributed by atoms with E-state index in [2.05, 4.69) is 0 Å². The van der Waals surface area contributed by atoms with Crippen LogP contribution in [0.25, 0.3) is 0 Å². The van der Waals surface area contributed by atoms with Gasteiger partial charge in [0.25, 0.3) is 0 Å². The van der Waals surface area contributed by atoms with Gasteiger partial charge in [-0.15, -0.1) is 0 Å². The zero-order valence-electron chi connectivity index (χ0n) is 10.4. The lowest BCUT2D eigenvalue weighted by molar-refractivity contribution is 0.0535. The first-order valence-corrected chi connectivity index (χ1v) is 6.52. The molecule has 2 unspecified atom stereocenters. The average molecular weight is 255 g/mol. The molecule has 0 radical (unpaired) electrons. The highest BCUT2D eigenvalue weighted by Gasteiger charge is 2.22. The molecule has 0 spiro atoms. The van der Waals surface area contributed by atoms with Gasteiger partial charge in [0, 0.05) is 18.1 Å². The van der Waals surface area contributed by atoms with Crippen LogP contribution in [0, 0.1) is 13.8 Å². The Morgan fingerprint density at radius 3 is 2.76 bits per heavy atom. The Kier molecular flexibility index (Phi) is 4.08. The Morgan fingerprint density at radius 1 is 1.41 bits per heavy atom. The molecule has 17 heavy (non-hydrogen) atoms. The van der Waals surface area contributed by atoms with Crippen LogP contribution in [0.15, 0.2) is 12.1 Å². The van der Waals surface area contributed by atoms with Crippen LogP contribution < -0.4 is 0 Å². The van der Waals surface area contributed by atoms with E-state index in [1.54, 1.807) is 0 Å². The summed E-state index contributed by atoms with van der Waals surface area (Å²) in [4.78, 5) is 0. The second-order valence-corrected chi connectivity index (χ2v) is 5.25. The molecule has 2 rings (SSSR count). The fourth-order valence-electron chi connectivity index (χ4n) is 2.26. The minimum Gasteiger partial charge on any atom is -0.388 e. The van der Waals surface area contributed by atoms with Crippen LogP contribution in [0.5, 0.6) is 0 Å². The van der Waals surface area contributed by atoms with Crippen molar-refractivity contribution in [3.63, 3.8) is 0 Å². The number of aliphatic hydroxyl groups is 1. The molecule has 2 nitrogen and oxygen atoms in total. The number of rotatable bonds is 3. The third-order valence-electron chi connectivity index (χ3n) is 3.48. The first-order chi connectivity index (χ1) is 8.08. The van der Waals surface area contributed by atoms with Gasteiger partial charge in [0.15, 0.2) is 0 Å². The van der Waals surface area contributed by atoms with E-state index in [9.17, 15) is 5.11 Å². The van der Waals surface area contributed by atoms with Gasteiger partial charge in [0.1, 0.15) is 0 Å². The van der Waals surface area contributed by atoms with E-state index >= 15 is 0 Å². The molecule has 1 N–H and O–H groups in total. The molecule has 3 heteroatoms. The smallest absolute Gasteiger partial charge is 0.0829 e. The van der Waals surface area contributed by atoms with E-state index in [1.807, 2.05) is 26.0 Å². The standard InChI is InChI=1S/C14H19ClO2/c1-9-6-12(13(15)7-10(9)2)14(16)8-11-4-3-5-17-11/h6-7,11,14,16H,3-5,8H2,1-2H3. The number of aryl methyl sites for hydroxylation is 2. The number of benzene rings is 1. The van der Waals surface area contributed by atoms with Crippen LogP contribution in [-0.2, 0) is 4.74 Å². The van der Waals surface area contributed by atoms with Gasteiger partial charge >= 0.3 is 0 Å². The number of hydrogen-bond donors (Lipinski definition) is 1. The van der Waals surface area contributed by atoms with Crippen molar-refractivity contribution in [1.29, 1.82) is 0 Å². The maximum absolute atomic E-state index is 10.2. The zero-order chi connectivity index (χ0) is 12.4. The minimum atomic E-state index is -0.523. The van der Waals surface area contributed by atoms with Gasteiger partial charge in [0.2, 0.25) is 0 Å². The lowest BCUT2D eigenvalue weighted by Crippen LogP contribution is -2.11. The van der Waals surface area contributed by atoms with E-state index in [4.69, 9.17) is 16.3 Å². The van der Waals surface area contributed by atoms with Crippen molar-refractivity contribution in [3.8, 4) is 0 Å². The first-order valence-electron chi connectivity index (χ1n) is 6.14. The molecule has 1 saturated heterocycles. The molecule has 1 aromatic rings. The normalized spacial score (nSPS) is 21.8. The molecule has 94 valence electrons. The van der Waals surface area contributed by atoms with Crippen molar-refractivity contribution in [2.24, 2.45) is 0 Å². The van der Waals surface area contributed by atoms with Gasteiger partial charge in [-0.3, -0.25) is 0 Å². The van der Waals surface area contributed by atoms with Crippen LogP contribution >= 0.6 is 11.6 Å². The highest BCUT2D eigenvalue weighted by Crippen LogP contribution is 2.31.